The molecule has 132 valence electrons. The molecule has 0 spiro atoms. The number of hydrogen-bond donors (Lipinski definition) is 1. The molecule has 0 radical (unpaired) electrons. The summed E-state index contributed by atoms with van der Waals surface area (Å²) in [4.78, 5) is 12.6. The zero-order valence-electron chi connectivity index (χ0n) is 14.2. The summed E-state index contributed by atoms with van der Waals surface area (Å²) in [6.45, 7) is 3.76. The lowest BCUT2D eigenvalue weighted by Crippen LogP contribution is -2.41. The summed E-state index contributed by atoms with van der Waals surface area (Å²) in [5.41, 5.74) is 6.51. The zero-order chi connectivity index (χ0) is 18.2. The van der Waals surface area contributed by atoms with Gasteiger partial charge in [-0.1, -0.05) is 48.0 Å². The van der Waals surface area contributed by atoms with Crippen molar-refractivity contribution in [1.29, 1.82) is 0 Å². The highest BCUT2D eigenvalue weighted by molar-refractivity contribution is 7.92. The van der Waals surface area contributed by atoms with E-state index in [-0.39, 0.29) is 11.5 Å². The Labute approximate surface area is 147 Å². The molecule has 2 aromatic rings. The van der Waals surface area contributed by atoms with Crippen molar-refractivity contribution in [1.82, 2.24) is 0 Å². The Morgan fingerprint density at radius 3 is 2.28 bits per heavy atom. The number of rotatable bonds is 5. The number of nitrogens with two attached hydrogens (primary N) is 1. The zero-order valence-corrected chi connectivity index (χ0v) is 15.0. The molecule has 0 unspecified atom stereocenters. The van der Waals surface area contributed by atoms with Crippen LogP contribution < -0.4 is 5.73 Å². The third-order valence-corrected chi connectivity index (χ3v) is 6.91. The van der Waals surface area contributed by atoms with E-state index in [4.69, 9.17) is 10.5 Å². The van der Waals surface area contributed by atoms with Crippen molar-refractivity contribution >= 4 is 15.8 Å². The Balaban J connectivity index is 2.06. The van der Waals surface area contributed by atoms with Gasteiger partial charge in [0.1, 0.15) is 10.8 Å². The molecule has 25 heavy (non-hydrogen) atoms. The van der Waals surface area contributed by atoms with Crippen LogP contribution in [0.3, 0.4) is 0 Å². The monoisotopic (exact) mass is 359 g/mol. The Hall–Kier alpha value is -2.18. The summed E-state index contributed by atoms with van der Waals surface area (Å²) in [5.74, 6) is -1.30. The predicted octanol–water partition coefficient (Wildman–Crippen LogP) is 2.20. The first-order chi connectivity index (χ1) is 11.8. The van der Waals surface area contributed by atoms with Crippen molar-refractivity contribution < 1.29 is 17.9 Å². The van der Waals surface area contributed by atoms with Crippen LogP contribution in [0.2, 0.25) is 0 Å². The van der Waals surface area contributed by atoms with Crippen LogP contribution >= 0.6 is 0 Å². The number of benzene rings is 2. The van der Waals surface area contributed by atoms with Crippen LogP contribution in [0.5, 0.6) is 0 Å². The lowest BCUT2D eigenvalue weighted by atomic mass is 10.1. The summed E-state index contributed by atoms with van der Waals surface area (Å²) in [6, 6.07) is 15.5. The molecule has 3 atom stereocenters. The van der Waals surface area contributed by atoms with E-state index in [1.165, 1.54) is 12.1 Å². The molecule has 6 heteroatoms. The molecule has 3 rings (SSSR count). The van der Waals surface area contributed by atoms with E-state index < -0.39 is 32.5 Å². The average Bonchev–Trinajstić information content (AvgIpc) is 3.25. The fourth-order valence-corrected chi connectivity index (χ4v) is 5.54. The van der Waals surface area contributed by atoms with E-state index >= 15 is 0 Å². The first-order valence-corrected chi connectivity index (χ1v) is 9.69. The van der Waals surface area contributed by atoms with Crippen molar-refractivity contribution in [2.24, 2.45) is 5.73 Å². The third kappa shape index (κ3) is 2.85. The minimum atomic E-state index is -3.77. The van der Waals surface area contributed by atoms with Crippen LogP contribution in [-0.4, -0.2) is 31.8 Å². The van der Waals surface area contributed by atoms with Gasteiger partial charge >= 0.3 is 5.97 Å². The van der Waals surface area contributed by atoms with E-state index in [1.807, 2.05) is 31.2 Å². The second-order valence-electron chi connectivity index (χ2n) is 6.32. The maximum Gasteiger partial charge on any atom is 0.328 e. The maximum absolute atomic E-state index is 13.1. The maximum atomic E-state index is 13.1. The van der Waals surface area contributed by atoms with E-state index in [2.05, 4.69) is 0 Å². The molecule has 0 heterocycles. The number of carbonyl (C=O) groups is 1. The van der Waals surface area contributed by atoms with Gasteiger partial charge in [-0.05, 0) is 31.5 Å². The fraction of sp³-hybridized carbons (Fsp3) is 0.316. The lowest BCUT2D eigenvalue weighted by molar-refractivity contribution is -0.145. The fourth-order valence-electron chi connectivity index (χ4n) is 3.29. The van der Waals surface area contributed by atoms with Crippen molar-refractivity contribution in [2.45, 2.75) is 35.4 Å². The van der Waals surface area contributed by atoms with Crippen LogP contribution in [0, 0.1) is 6.92 Å². The molecule has 5 nitrogen and oxygen atoms in total. The predicted molar refractivity (Wildman–Crippen MR) is 94.9 cm³/mol. The van der Waals surface area contributed by atoms with Crippen LogP contribution in [0.4, 0.5) is 0 Å². The van der Waals surface area contributed by atoms with E-state index in [0.29, 0.717) is 0 Å². The number of aryl methyl sites for hydroxylation is 1. The molecule has 0 aliphatic heterocycles. The molecule has 0 bridgehead atoms. The Morgan fingerprint density at radius 2 is 1.72 bits per heavy atom. The highest BCUT2D eigenvalue weighted by Gasteiger charge is 2.74. The van der Waals surface area contributed by atoms with Crippen molar-refractivity contribution in [3.63, 3.8) is 0 Å². The summed E-state index contributed by atoms with van der Waals surface area (Å²) in [5, 5.41) is -1.04. The van der Waals surface area contributed by atoms with Crippen molar-refractivity contribution in [2.75, 3.05) is 6.61 Å². The largest absolute Gasteiger partial charge is 0.465 e. The van der Waals surface area contributed by atoms with Gasteiger partial charge in [0, 0.05) is 5.92 Å². The summed E-state index contributed by atoms with van der Waals surface area (Å²) < 4.78 is 31.2. The first-order valence-electron chi connectivity index (χ1n) is 8.15. The molecule has 0 aromatic heterocycles. The highest BCUT2D eigenvalue weighted by Crippen LogP contribution is 2.56. The van der Waals surface area contributed by atoms with E-state index in [9.17, 15) is 13.2 Å². The quantitative estimate of drug-likeness (QED) is 0.827. The summed E-state index contributed by atoms with van der Waals surface area (Å²) in [6.07, 6.45) is 0. The number of carbonyl (C=O) groups excluding carboxylic acids is 1. The van der Waals surface area contributed by atoms with E-state index in [1.54, 1.807) is 25.1 Å². The van der Waals surface area contributed by atoms with Crippen LogP contribution in [0.15, 0.2) is 59.5 Å². The standard InChI is InChI=1S/C19H21NO4S/c1-3-24-18(21)19(20)16(14-11-9-13(2)10-12-14)17(19)25(22,23)15-7-5-4-6-8-15/h4-12,16-17H,3,20H2,1-2H3/t16-,17-,19+/m0/s1. The molecule has 1 aliphatic carbocycles. The number of hydrogen-bond acceptors (Lipinski definition) is 5. The van der Waals surface area contributed by atoms with Crippen LogP contribution in [-0.2, 0) is 19.4 Å². The van der Waals surface area contributed by atoms with Gasteiger partial charge in [-0.25, -0.2) is 13.2 Å². The molecular weight excluding hydrogens is 338 g/mol. The third-order valence-electron chi connectivity index (χ3n) is 4.65. The van der Waals surface area contributed by atoms with Crippen LogP contribution in [0.1, 0.15) is 24.0 Å². The smallest absolute Gasteiger partial charge is 0.328 e. The Bertz CT molecular complexity index is 877. The van der Waals surface area contributed by atoms with Gasteiger partial charge in [0.25, 0.3) is 0 Å². The first kappa shape index (κ1) is 17.6. The minimum absolute atomic E-state index is 0.149. The molecule has 1 fully saturated rings. The SMILES string of the molecule is CCOC(=O)[C@@]1(N)[C@@H](c2ccc(C)cc2)[C@@H]1S(=O)(=O)c1ccccc1. The minimum Gasteiger partial charge on any atom is -0.465 e. The second-order valence-corrected chi connectivity index (χ2v) is 8.39. The second kappa shape index (κ2) is 6.28. The molecular formula is C19H21NO4S. The molecule has 0 saturated heterocycles. The number of ether oxygens (including phenoxy) is 1. The number of sulfone groups is 1. The van der Waals surface area contributed by atoms with Gasteiger partial charge < -0.3 is 10.5 Å². The van der Waals surface area contributed by atoms with Gasteiger partial charge in [0.05, 0.1) is 11.5 Å². The molecule has 2 N–H and O–H groups in total. The average molecular weight is 359 g/mol. The highest BCUT2D eigenvalue weighted by atomic mass is 32.2. The molecule has 1 aliphatic rings. The lowest BCUT2D eigenvalue weighted by Gasteiger charge is -2.11. The van der Waals surface area contributed by atoms with Gasteiger partial charge in [-0.2, -0.15) is 0 Å². The molecule has 0 amide bonds. The topological polar surface area (TPSA) is 86.5 Å². The van der Waals surface area contributed by atoms with Crippen molar-refractivity contribution in [3.8, 4) is 0 Å². The van der Waals surface area contributed by atoms with Gasteiger partial charge in [0.2, 0.25) is 0 Å². The summed E-state index contributed by atoms with van der Waals surface area (Å²) in [7, 11) is -3.77. The summed E-state index contributed by atoms with van der Waals surface area (Å²) >= 11 is 0. The Morgan fingerprint density at radius 1 is 1.12 bits per heavy atom. The van der Waals surface area contributed by atoms with E-state index in [0.717, 1.165) is 11.1 Å². The van der Waals surface area contributed by atoms with Gasteiger partial charge in [-0.3, -0.25) is 0 Å². The van der Waals surface area contributed by atoms with Gasteiger partial charge in [-0.15, -0.1) is 0 Å². The van der Waals surface area contributed by atoms with Gasteiger partial charge in [0.15, 0.2) is 9.84 Å². The van der Waals surface area contributed by atoms with Crippen LogP contribution in [0.25, 0.3) is 0 Å². The van der Waals surface area contributed by atoms with Crippen molar-refractivity contribution in [3.05, 3.63) is 65.7 Å². The molecule has 2 aromatic carbocycles. The normalized spacial score (nSPS) is 25.4. The Kier molecular flexibility index (Phi) is 4.43. The molecule has 1 saturated carbocycles. The number of esters is 1.